The van der Waals surface area contributed by atoms with E-state index >= 15 is 0 Å². The van der Waals surface area contributed by atoms with Gasteiger partial charge >= 0.3 is 11.9 Å². The molecule has 138 valence electrons. The number of ether oxygens (including phenoxy) is 2. The molecule has 2 aromatic rings. The van der Waals surface area contributed by atoms with E-state index in [-0.39, 0.29) is 0 Å². The fraction of sp³-hybridized carbons (Fsp3) is 0.364. The lowest BCUT2D eigenvalue weighted by Crippen LogP contribution is -2.26. The lowest BCUT2D eigenvalue weighted by molar-refractivity contribution is -0.156. The first kappa shape index (κ1) is 19.7. The largest absolute Gasteiger partial charge is 0.423 e. The highest BCUT2D eigenvalue weighted by molar-refractivity contribution is 6.31. The molecule has 0 atom stereocenters. The minimum atomic E-state index is -1.02. The number of carbonyl (C=O) groups excluding carboxylic acids is 2. The number of hydrogen-bond acceptors (Lipinski definition) is 4. The minimum absolute atomic E-state index is 0.389. The fourth-order valence-electron chi connectivity index (χ4n) is 2.84. The van der Waals surface area contributed by atoms with Gasteiger partial charge in [0.2, 0.25) is 0 Å². The Morgan fingerprint density at radius 3 is 1.15 bits per heavy atom. The van der Waals surface area contributed by atoms with Gasteiger partial charge in [0.1, 0.15) is 11.5 Å². The van der Waals surface area contributed by atoms with Crippen molar-refractivity contribution in [3.05, 3.63) is 56.6 Å². The van der Waals surface area contributed by atoms with Crippen LogP contribution in [0.4, 0.5) is 0 Å². The highest BCUT2D eigenvalue weighted by Crippen LogP contribution is 2.29. The van der Waals surface area contributed by atoms with Crippen molar-refractivity contribution < 1.29 is 19.1 Å². The summed E-state index contributed by atoms with van der Waals surface area (Å²) in [6.45, 7) is 15.6. The summed E-state index contributed by atoms with van der Waals surface area (Å²) in [6, 6.07) is 3.54. The first-order valence-corrected chi connectivity index (χ1v) is 8.63. The van der Waals surface area contributed by atoms with Crippen molar-refractivity contribution in [2.75, 3.05) is 0 Å². The van der Waals surface area contributed by atoms with Gasteiger partial charge in [0.25, 0.3) is 0 Å². The van der Waals surface area contributed by atoms with E-state index in [4.69, 9.17) is 9.47 Å². The molecule has 0 aromatic heterocycles. The molecule has 0 amide bonds. The van der Waals surface area contributed by atoms with Gasteiger partial charge in [-0.05, 0) is 112 Å². The lowest BCUT2D eigenvalue weighted by atomic mass is 9.99. The summed E-state index contributed by atoms with van der Waals surface area (Å²) in [5, 5.41) is 0. The molecule has 0 unspecified atom stereocenters. The zero-order valence-electron chi connectivity index (χ0n) is 16.8. The van der Waals surface area contributed by atoms with Gasteiger partial charge < -0.3 is 9.47 Å². The second kappa shape index (κ2) is 7.32. The maximum absolute atomic E-state index is 12.2. The molecule has 0 N–H and O–H groups in total. The number of esters is 2. The molecule has 0 aliphatic carbocycles. The second-order valence-corrected chi connectivity index (χ2v) is 6.91. The van der Waals surface area contributed by atoms with Crippen LogP contribution in [0.5, 0.6) is 11.5 Å². The third kappa shape index (κ3) is 3.64. The Bertz CT molecular complexity index is 832. The van der Waals surface area contributed by atoms with Crippen LogP contribution in [-0.4, -0.2) is 11.9 Å². The number of rotatable bonds is 2. The highest BCUT2D eigenvalue weighted by atomic mass is 16.6. The zero-order chi connectivity index (χ0) is 19.8. The molecule has 0 spiro atoms. The Kier molecular flexibility index (Phi) is 5.55. The van der Waals surface area contributed by atoms with Crippen molar-refractivity contribution in [1.29, 1.82) is 0 Å². The van der Waals surface area contributed by atoms with E-state index in [1.165, 1.54) is 0 Å². The Morgan fingerprint density at radius 1 is 0.538 bits per heavy atom. The van der Waals surface area contributed by atoms with Crippen LogP contribution in [0, 0.1) is 55.4 Å². The Balaban J connectivity index is 2.24. The Hall–Kier alpha value is -2.62. The summed E-state index contributed by atoms with van der Waals surface area (Å²) in [5.74, 6) is -1.27. The van der Waals surface area contributed by atoms with Gasteiger partial charge in [-0.1, -0.05) is 0 Å². The van der Waals surface area contributed by atoms with E-state index in [2.05, 4.69) is 0 Å². The predicted molar refractivity (Wildman–Crippen MR) is 102 cm³/mol. The van der Waals surface area contributed by atoms with Crippen LogP contribution in [0.3, 0.4) is 0 Å². The highest BCUT2D eigenvalue weighted by Gasteiger charge is 2.23. The molecule has 0 bridgehead atoms. The van der Waals surface area contributed by atoms with Crippen molar-refractivity contribution in [2.45, 2.75) is 55.4 Å². The molecule has 0 fully saturated rings. The van der Waals surface area contributed by atoms with E-state index in [0.29, 0.717) is 11.5 Å². The second-order valence-electron chi connectivity index (χ2n) is 6.91. The SMILES string of the molecule is Cc1cc(OC(=O)C(=O)Oc2cc(C)c(C)c(C)c2C)c(C)c(C)c1C. The van der Waals surface area contributed by atoms with Gasteiger partial charge in [0.05, 0.1) is 0 Å². The van der Waals surface area contributed by atoms with E-state index in [1.54, 1.807) is 12.1 Å². The molecule has 0 heterocycles. The standard InChI is InChI=1S/C22H26O4/c1-11-9-19(17(7)15(5)13(11)3)25-21(23)22(24)26-20-10-12(2)14(4)16(6)18(20)8/h9-10H,1-8H3. The third-order valence-electron chi connectivity index (χ3n) is 5.44. The fourth-order valence-corrected chi connectivity index (χ4v) is 2.84. The third-order valence-corrected chi connectivity index (χ3v) is 5.44. The number of carbonyl (C=O) groups is 2. The molecular weight excluding hydrogens is 328 g/mol. The van der Waals surface area contributed by atoms with Gasteiger partial charge in [-0.15, -0.1) is 0 Å². The van der Waals surface area contributed by atoms with Crippen LogP contribution >= 0.6 is 0 Å². The smallest absolute Gasteiger partial charge is 0.418 e. The average molecular weight is 354 g/mol. The van der Waals surface area contributed by atoms with Crippen LogP contribution in [0.1, 0.15) is 44.5 Å². The van der Waals surface area contributed by atoms with Crippen molar-refractivity contribution in [3.63, 3.8) is 0 Å². The van der Waals surface area contributed by atoms with Crippen LogP contribution in [0.25, 0.3) is 0 Å². The molecule has 0 saturated heterocycles. The molecule has 0 aliphatic rings. The zero-order valence-corrected chi connectivity index (χ0v) is 16.8. The lowest BCUT2D eigenvalue weighted by Gasteiger charge is -2.15. The predicted octanol–water partition coefficient (Wildman–Crippen LogP) is 4.66. The monoisotopic (exact) mass is 354 g/mol. The summed E-state index contributed by atoms with van der Waals surface area (Å²) < 4.78 is 10.6. The molecule has 4 nitrogen and oxygen atoms in total. The molecular formula is C22H26O4. The first-order valence-electron chi connectivity index (χ1n) is 8.63. The van der Waals surface area contributed by atoms with E-state index in [1.807, 2.05) is 55.4 Å². The number of aryl methyl sites for hydroxylation is 2. The molecule has 0 saturated carbocycles. The van der Waals surface area contributed by atoms with Crippen LogP contribution in [0.15, 0.2) is 12.1 Å². The van der Waals surface area contributed by atoms with Crippen LogP contribution in [-0.2, 0) is 9.59 Å². The van der Waals surface area contributed by atoms with Crippen molar-refractivity contribution >= 4 is 11.9 Å². The summed E-state index contributed by atoms with van der Waals surface area (Å²) in [4.78, 5) is 24.5. The number of hydrogen-bond donors (Lipinski definition) is 0. The molecule has 2 rings (SSSR count). The normalized spacial score (nSPS) is 10.6. The summed E-state index contributed by atoms with van der Waals surface area (Å²) in [6.07, 6.45) is 0. The van der Waals surface area contributed by atoms with Gasteiger partial charge in [0, 0.05) is 0 Å². The summed E-state index contributed by atoms with van der Waals surface area (Å²) in [7, 11) is 0. The molecule has 2 aromatic carbocycles. The maximum atomic E-state index is 12.2. The Labute approximate surface area is 155 Å². The van der Waals surface area contributed by atoms with Gasteiger partial charge in [-0.25, -0.2) is 9.59 Å². The quantitative estimate of drug-likeness (QED) is 0.447. The number of benzene rings is 2. The van der Waals surface area contributed by atoms with Gasteiger partial charge in [-0.3, -0.25) is 0 Å². The average Bonchev–Trinajstić information content (AvgIpc) is 2.60. The van der Waals surface area contributed by atoms with Gasteiger partial charge in [0.15, 0.2) is 0 Å². The van der Waals surface area contributed by atoms with Gasteiger partial charge in [-0.2, -0.15) is 0 Å². The van der Waals surface area contributed by atoms with Crippen LogP contribution < -0.4 is 9.47 Å². The first-order chi connectivity index (χ1) is 12.0. The molecule has 26 heavy (non-hydrogen) atoms. The molecule has 4 heteroatoms. The minimum Gasteiger partial charge on any atom is -0.418 e. The van der Waals surface area contributed by atoms with E-state index in [9.17, 15) is 9.59 Å². The maximum Gasteiger partial charge on any atom is 0.423 e. The van der Waals surface area contributed by atoms with Crippen molar-refractivity contribution in [1.82, 2.24) is 0 Å². The molecule has 0 radical (unpaired) electrons. The summed E-state index contributed by atoms with van der Waals surface area (Å²) >= 11 is 0. The molecule has 0 aliphatic heterocycles. The van der Waals surface area contributed by atoms with Crippen LogP contribution in [0.2, 0.25) is 0 Å². The van der Waals surface area contributed by atoms with E-state index < -0.39 is 11.9 Å². The van der Waals surface area contributed by atoms with E-state index in [0.717, 1.165) is 44.5 Å². The Morgan fingerprint density at radius 2 is 0.846 bits per heavy atom. The van der Waals surface area contributed by atoms with Crippen molar-refractivity contribution in [2.24, 2.45) is 0 Å². The summed E-state index contributed by atoms with van der Waals surface area (Å²) in [5.41, 5.74) is 8.07. The topological polar surface area (TPSA) is 52.6 Å². The van der Waals surface area contributed by atoms with Crippen molar-refractivity contribution in [3.8, 4) is 11.5 Å².